The third kappa shape index (κ3) is 4.16. The van der Waals surface area contributed by atoms with Gasteiger partial charge in [0.15, 0.2) is 5.16 Å². The SMILES string of the molecule is N#Cc1cnc(SCC(=O)Nc2ccc(Br)cc2F)nc1N. The van der Waals surface area contributed by atoms with Crippen LogP contribution < -0.4 is 11.1 Å². The van der Waals surface area contributed by atoms with Gasteiger partial charge in [-0.3, -0.25) is 4.79 Å². The maximum Gasteiger partial charge on any atom is 0.234 e. The Morgan fingerprint density at radius 1 is 1.55 bits per heavy atom. The molecule has 0 aliphatic carbocycles. The lowest BCUT2D eigenvalue weighted by atomic mass is 10.3. The molecule has 1 aromatic carbocycles. The van der Waals surface area contributed by atoms with Crippen molar-refractivity contribution in [3.05, 3.63) is 40.2 Å². The Hall–Kier alpha value is -2.18. The lowest BCUT2D eigenvalue weighted by Crippen LogP contribution is -2.15. The number of hydrogen-bond donors (Lipinski definition) is 2. The van der Waals surface area contributed by atoms with Gasteiger partial charge in [0.2, 0.25) is 5.91 Å². The van der Waals surface area contributed by atoms with Crippen molar-refractivity contribution in [2.24, 2.45) is 0 Å². The van der Waals surface area contributed by atoms with E-state index in [-0.39, 0.29) is 28.0 Å². The summed E-state index contributed by atoms with van der Waals surface area (Å²) in [4.78, 5) is 19.6. The second-order valence-electron chi connectivity index (χ2n) is 4.02. The smallest absolute Gasteiger partial charge is 0.234 e. The second kappa shape index (κ2) is 7.20. The number of aromatic nitrogens is 2. The van der Waals surface area contributed by atoms with Gasteiger partial charge < -0.3 is 11.1 Å². The van der Waals surface area contributed by atoms with E-state index in [1.165, 1.54) is 18.3 Å². The number of rotatable bonds is 4. The largest absolute Gasteiger partial charge is 0.382 e. The van der Waals surface area contributed by atoms with Crippen LogP contribution in [0.4, 0.5) is 15.9 Å². The van der Waals surface area contributed by atoms with Crippen LogP contribution in [0.3, 0.4) is 0 Å². The highest BCUT2D eigenvalue weighted by atomic mass is 79.9. The van der Waals surface area contributed by atoms with E-state index < -0.39 is 11.7 Å². The van der Waals surface area contributed by atoms with Crippen molar-refractivity contribution >= 4 is 45.1 Å². The Bertz CT molecular complexity index is 765. The first-order chi connectivity index (χ1) is 10.5. The van der Waals surface area contributed by atoms with E-state index in [4.69, 9.17) is 11.0 Å². The molecule has 0 saturated heterocycles. The van der Waals surface area contributed by atoms with Crippen LogP contribution in [0, 0.1) is 17.1 Å². The molecule has 0 radical (unpaired) electrons. The average Bonchev–Trinajstić information content (AvgIpc) is 2.48. The number of nitrogens with one attached hydrogen (secondary N) is 1. The van der Waals surface area contributed by atoms with Gasteiger partial charge in [0.1, 0.15) is 23.3 Å². The van der Waals surface area contributed by atoms with E-state index in [0.717, 1.165) is 11.8 Å². The van der Waals surface area contributed by atoms with E-state index in [9.17, 15) is 9.18 Å². The summed E-state index contributed by atoms with van der Waals surface area (Å²) in [5.74, 6) is -0.899. The molecule has 0 atom stereocenters. The van der Waals surface area contributed by atoms with Gasteiger partial charge in [-0.15, -0.1) is 0 Å². The zero-order valence-corrected chi connectivity index (χ0v) is 13.4. The standard InChI is InChI=1S/C13H9BrFN5OS/c14-8-1-2-10(9(15)3-8)19-11(21)6-22-13-18-5-7(4-16)12(17)20-13/h1-3,5H,6H2,(H,19,21)(H2,17,18,20). The van der Waals surface area contributed by atoms with Crippen LogP contribution in [0.25, 0.3) is 0 Å². The first-order valence-corrected chi connectivity index (χ1v) is 7.68. The zero-order chi connectivity index (χ0) is 16.1. The van der Waals surface area contributed by atoms with Crippen molar-refractivity contribution in [2.75, 3.05) is 16.8 Å². The van der Waals surface area contributed by atoms with Crippen LogP contribution in [0.1, 0.15) is 5.56 Å². The third-order valence-electron chi connectivity index (χ3n) is 2.45. The van der Waals surface area contributed by atoms with Gasteiger partial charge in [-0.2, -0.15) is 5.26 Å². The Morgan fingerprint density at radius 3 is 2.95 bits per heavy atom. The molecule has 0 saturated carbocycles. The maximum absolute atomic E-state index is 13.6. The van der Waals surface area contributed by atoms with E-state index in [2.05, 4.69) is 31.2 Å². The van der Waals surface area contributed by atoms with Crippen LogP contribution in [0.15, 0.2) is 34.0 Å². The highest BCUT2D eigenvalue weighted by molar-refractivity contribution is 9.10. The van der Waals surface area contributed by atoms with Gasteiger partial charge in [0.05, 0.1) is 17.6 Å². The molecule has 22 heavy (non-hydrogen) atoms. The van der Waals surface area contributed by atoms with Gasteiger partial charge in [-0.1, -0.05) is 27.7 Å². The molecule has 112 valence electrons. The summed E-state index contributed by atoms with van der Waals surface area (Å²) in [5, 5.41) is 11.4. The lowest BCUT2D eigenvalue weighted by Gasteiger charge is -2.06. The number of benzene rings is 1. The van der Waals surface area contributed by atoms with E-state index >= 15 is 0 Å². The van der Waals surface area contributed by atoms with Crippen LogP contribution in [-0.4, -0.2) is 21.6 Å². The number of nitriles is 1. The monoisotopic (exact) mass is 381 g/mol. The predicted octanol–water partition coefficient (Wildman–Crippen LogP) is 2.56. The van der Waals surface area contributed by atoms with Crippen LogP contribution in [0.2, 0.25) is 0 Å². The molecule has 1 amide bonds. The molecule has 9 heteroatoms. The summed E-state index contributed by atoms with van der Waals surface area (Å²) in [6, 6.07) is 6.18. The third-order valence-corrected chi connectivity index (χ3v) is 3.81. The van der Waals surface area contributed by atoms with Gasteiger partial charge >= 0.3 is 0 Å². The highest BCUT2D eigenvalue weighted by Gasteiger charge is 2.10. The van der Waals surface area contributed by atoms with Gasteiger partial charge in [-0.05, 0) is 18.2 Å². The number of amides is 1. The minimum absolute atomic E-state index is 0.0131. The Kier molecular flexibility index (Phi) is 5.30. The molecule has 0 spiro atoms. The molecular formula is C13H9BrFN5OS. The molecule has 0 bridgehead atoms. The second-order valence-corrected chi connectivity index (χ2v) is 5.88. The molecule has 1 heterocycles. The van der Waals surface area contributed by atoms with E-state index in [1.54, 1.807) is 6.07 Å². The normalized spacial score (nSPS) is 10.0. The quantitative estimate of drug-likeness (QED) is 0.622. The molecule has 6 nitrogen and oxygen atoms in total. The number of hydrogen-bond acceptors (Lipinski definition) is 6. The number of thioether (sulfide) groups is 1. The maximum atomic E-state index is 13.6. The van der Waals surface area contributed by atoms with Crippen molar-refractivity contribution in [3.63, 3.8) is 0 Å². The number of nitrogen functional groups attached to an aromatic ring is 1. The number of carbonyl (C=O) groups excluding carboxylic acids is 1. The molecule has 0 unspecified atom stereocenters. The number of nitrogens with zero attached hydrogens (tertiary/aromatic N) is 3. The van der Waals surface area contributed by atoms with Gasteiger partial charge in [0.25, 0.3) is 0 Å². The van der Waals surface area contributed by atoms with Crippen molar-refractivity contribution in [3.8, 4) is 6.07 Å². The Balaban J connectivity index is 1.95. The number of carbonyl (C=O) groups is 1. The fourth-order valence-corrected chi connectivity index (χ4v) is 2.40. The fourth-order valence-electron chi connectivity index (χ4n) is 1.44. The molecule has 0 aliphatic heterocycles. The lowest BCUT2D eigenvalue weighted by molar-refractivity contribution is -0.113. The summed E-state index contributed by atoms with van der Waals surface area (Å²) < 4.78 is 14.2. The molecular weight excluding hydrogens is 373 g/mol. The van der Waals surface area contributed by atoms with Crippen molar-refractivity contribution in [1.82, 2.24) is 9.97 Å². The summed E-state index contributed by atoms with van der Waals surface area (Å²) in [7, 11) is 0. The minimum Gasteiger partial charge on any atom is -0.382 e. The zero-order valence-electron chi connectivity index (χ0n) is 11.0. The predicted molar refractivity (Wildman–Crippen MR) is 84.6 cm³/mol. The van der Waals surface area contributed by atoms with E-state index in [0.29, 0.717) is 4.47 Å². The van der Waals surface area contributed by atoms with Crippen molar-refractivity contribution < 1.29 is 9.18 Å². The van der Waals surface area contributed by atoms with Crippen LogP contribution >= 0.6 is 27.7 Å². The average molecular weight is 382 g/mol. The Morgan fingerprint density at radius 2 is 2.32 bits per heavy atom. The van der Waals surface area contributed by atoms with Crippen LogP contribution in [0.5, 0.6) is 0 Å². The first-order valence-electron chi connectivity index (χ1n) is 5.90. The fraction of sp³-hybridized carbons (Fsp3) is 0.0769. The number of nitrogens with two attached hydrogens (primary N) is 1. The van der Waals surface area contributed by atoms with Crippen molar-refractivity contribution in [2.45, 2.75) is 5.16 Å². The molecule has 1 aromatic heterocycles. The molecule has 0 fully saturated rings. The number of anilines is 2. The first kappa shape index (κ1) is 16.2. The van der Waals surface area contributed by atoms with E-state index in [1.807, 2.05) is 6.07 Å². The molecule has 2 aromatic rings. The molecule has 3 N–H and O–H groups in total. The van der Waals surface area contributed by atoms with Crippen LogP contribution in [-0.2, 0) is 4.79 Å². The summed E-state index contributed by atoms with van der Waals surface area (Å²) in [5.41, 5.74) is 5.82. The minimum atomic E-state index is -0.536. The Labute approximate surface area is 138 Å². The summed E-state index contributed by atoms with van der Waals surface area (Å²) in [6.07, 6.45) is 1.29. The highest BCUT2D eigenvalue weighted by Crippen LogP contribution is 2.20. The molecule has 2 rings (SSSR count). The summed E-state index contributed by atoms with van der Waals surface area (Å²) in [6.45, 7) is 0. The number of halogens is 2. The molecule has 0 aliphatic rings. The summed E-state index contributed by atoms with van der Waals surface area (Å²) >= 11 is 4.17. The van der Waals surface area contributed by atoms with Gasteiger partial charge in [0, 0.05) is 4.47 Å². The van der Waals surface area contributed by atoms with Gasteiger partial charge in [-0.25, -0.2) is 14.4 Å². The topological polar surface area (TPSA) is 105 Å². The van der Waals surface area contributed by atoms with Crippen molar-refractivity contribution in [1.29, 1.82) is 5.26 Å².